The van der Waals surface area contributed by atoms with Crippen molar-refractivity contribution in [2.75, 3.05) is 6.54 Å². The Morgan fingerprint density at radius 2 is 1.91 bits per heavy atom. The number of fused-ring (bicyclic) bond motifs is 1. The summed E-state index contributed by atoms with van der Waals surface area (Å²) < 4.78 is 5.26. The van der Waals surface area contributed by atoms with Gasteiger partial charge in [-0.3, -0.25) is 9.69 Å². The third kappa shape index (κ3) is 3.37. The molecule has 2 unspecified atom stereocenters. The highest BCUT2D eigenvalue weighted by atomic mass is 16.4. The van der Waals surface area contributed by atoms with E-state index < -0.39 is 5.63 Å². The normalized spacial score (nSPS) is 22.3. The second-order valence-corrected chi connectivity index (χ2v) is 6.53. The highest BCUT2D eigenvalue weighted by Crippen LogP contribution is 2.23. The molecule has 0 radical (unpaired) electrons. The molecule has 1 aromatic carbocycles. The molecule has 2 atom stereocenters. The van der Waals surface area contributed by atoms with Gasteiger partial charge in [-0.15, -0.1) is 0 Å². The van der Waals surface area contributed by atoms with E-state index in [9.17, 15) is 9.59 Å². The molecule has 4 nitrogen and oxygen atoms in total. The lowest BCUT2D eigenvalue weighted by atomic mass is 9.97. The zero-order valence-electron chi connectivity index (χ0n) is 13.7. The van der Waals surface area contributed by atoms with E-state index in [1.165, 1.54) is 19.3 Å². The van der Waals surface area contributed by atoms with Crippen molar-refractivity contribution in [3.05, 3.63) is 46.3 Å². The molecule has 0 aliphatic carbocycles. The minimum Gasteiger partial charge on any atom is -0.422 e. The quantitative estimate of drug-likeness (QED) is 0.639. The summed E-state index contributed by atoms with van der Waals surface area (Å²) in [6, 6.07) is 9.93. The zero-order valence-corrected chi connectivity index (χ0v) is 13.7. The number of carbonyl (C=O) groups excluding carboxylic acids is 1. The average molecular weight is 313 g/mol. The average Bonchev–Trinajstić information content (AvgIpc) is 2.53. The largest absolute Gasteiger partial charge is 0.422 e. The molecule has 1 saturated heterocycles. The third-order valence-electron chi connectivity index (χ3n) is 4.91. The van der Waals surface area contributed by atoms with E-state index >= 15 is 0 Å². The number of hydrogen-bond donors (Lipinski definition) is 0. The van der Waals surface area contributed by atoms with Crippen LogP contribution in [-0.2, 0) is 0 Å². The molecule has 122 valence electrons. The molecule has 2 aromatic rings. The van der Waals surface area contributed by atoms with Gasteiger partial charge in [0.1, 0.15) is 11.1 Å². The molecule has 2 heterocycles. The van der Waals surface area contributed by atoms with Crippen LogP contribution < -0.4 is 5.63 Å². The number of nitrogens with zero attached hydrogens (tertiary/aromatic N) is 1. The highest BCUT2D eigenvalue weighted by Gasteiger charge is 2.25. The minimum atomic E-state index is -0.534. The van der Waals surface area contributed by atoms with Crippen molar-refractivity contribution in [2.45, 2.75) is 51.6 Å². The van der Waals surface area contributed by atoms with Gasteiger partial charge in [-0.05, 0) is 38.8 Å². The van der Waals surface area contributed by atoms with Gasteiger partial charge in [0, 0.05) is 30.4 Å². The predicted octanol–water partition coefficient (Wildman–Crippen LogP) is 3.63. The molecular formula is C19H23NO3. The third-order valence-corrected chi connectivity index (χ3v) is 4.91. The van der Waals surface area contributed by atoms with Gasteiger partial charge in [-0.25, -0.2) is 4.79 Å². The molecule has 4 heteroatoms. The van der Waals surface area contributed by atoms with Gasteiger partial charge < -0.3 is 4.42 Å². The maximum absolute atomic E-state index is 12.5. The van der Waals surface area contributed by atoms with Crippen molar-refractivity contribution in [1.82, 2.24) is 4.90 Å². The van der Waals surface area contributed by atoms with E-state index in [0.29, 0.717) is 30.6 Å². The smallest absolute Gasteiger partial charge is 0.347 e. The number of ketones is 1. The fraction of sp³-hybridized carbons (Fsp3) is 0.474. The molecule has 0 amide bonds. The molecule has 0 bridgehead atoms. The minimum absolute atomic E-state index is 0.130. The Bertz CT molecular complexity index is 755. The van der Waals surface area contributed by atoms with Gasteiger partial charge in [-0.1, -0.05) is 24.6 Å². The van der Waals surface area contributed by atoms with E-state index in [2.05, 4.69) is 18.7 Å². The van der Waals surface area contributed by atoms with Crippen molar-refractivity contribution in [2.24, 2.45) is 0 Å². The van der Waals surface area contributed by atoms with Crippen LogP contribution in [0.3, 0.4) is 0 Å². The summed E-state index contributed by atoms with van der Waals surface area (Å²) in [5, 5.41) is 0.787. The van der Waals surface area contributed by atoms with Gasteiger partial charge in [0.15, 0.2) is 5.78 Å². The zero-order chi connectivity index (χ0) is 16.4. The molecular weight excluding hydrogens is 290 g/mol. The van der Waals surface area contributed by atoms with Crippen molar-refractivity contribution < 1.29 is 9.21 Å². The van der Waals surface area contributed by atoms with Crippen LogP contribution in [0.5, 0.6) is 0 Å². The van der Waals surface area contributed by atoms with Gasteiger partial charge in [0.2, 0.25) is 0 Å². The first-order valence-corrected chi connectivity index (χ1v) is 8.38. The number of rotatable bonds is 4. The summed E-state index contributed by atoms with van der Waals surface area (Å²) in [6.45, 7) is 5.13. The summed E-state index contributed by atoms with van der Waals surface area (Å²) in [4.78, 5) is 26.9. The van der Waals surface area contributed by atoms with Crippen LogP contribution in [0.1, 0.15) is 49.9 Å². The van der Waals surface area contributed by atoms with Gasteiger partial charge in [-0.2, -0.15) is 0 Å². The van der Waals surface area contributed by atoms with Gasteiger partial charge >= 0.3 is 5.63 Å². The SMILES string of the molecule is CC1CCCC(C)N1CCC(=O)c1cc2ccccc2oc1=O. The second kappa shape index (κ2) is 6.67. The molecule has 1 aliphatic heterocycles. The molecule has 1 fully saturated rings. The summed E-state index contributed by atoms with van der Waals surface area (Å²) in [6.07, 6.45) is 3.96. The summed E-state index contributed by atoms with van der Waals surface area (Å²) in [5.74, 6) is -0.130. The number of piperidine rings is 1. The maximum atomic E-state index is 12.5. The first kappa shape index (κ1) is 15.9. The van der Waals surface area contributed by atoms with Crippen molar-refractivity contribution in [3.63, 3.8) is 0 Å². The molecule has 1 aromatic heterocycles. The molecule has 0 spiro atoms. The van der Waals surface area contributed by atoms with E-state index in [4.69, 9.17) is 4.42 Å². The van der Waals surface area contributed by atoms with Crippen LogP contribution in [0.25, 0.3) is 11.0 Å². The Morgan fingerprint density at radius 1 is 1.22 bits per heavy atom. The number of Topliss-reactive ketones (excluding diaryl/α,β-unsaturated/α-hetero) is 1. The van der Waals surface area contributed by atoms with Crippen LogP contribution >= 0.6 is 0 Å². The van der Waals surface area contributed by atoms with Crippen LogP contribution in [0.2, 0.25) is 0 Å². The Balaban J connectivity index is 1.75. The van der Waals surface area contributed by atoms with Crippen LogP contribution in [0.15, 0.2) is 39.5 Å². The number of carbonyl (C=O) groups is 1. The summed E-state index contributed by atoms with van der Waals surface area (Å²) in [7, 11) is 0. The second-order valence-electron chi connectivity index (χ2n) is 6.53. The monoisotopic (exact) mass is 313 g/mol. The Hall–Kier alpha value is -1.94. The lowest BCUT2D eigenvalue weighted by molar-refractivity contribution is 0.0837. The fourth-order valence-corrected chi connectivity index (χ4v) is 3.54. The summed E-state index contributed by atoms with van der Waals surface area (Å²) in [5.41, 5.74) is 0.154. The first-order valence-electron chi connectivity index (χ1n) is 8.38. The first-order chi connectivity index (χ1) is 11.1. The van der Waals surface area contributed by atoms with Crippen molar-refractivity contribution >= 4 is 16.8 Å². The molecule has 1 aliphatic rings. The fourth-order valence-electron chi connectivity index (χ4n) is 3.54. The van der Waals surface area contributed by atoms with E-state index in [1.807, 2.05) is 18.2 Å². The Kier molecular flexibility index (Phi) is 4.62. The Labute approximate surface area is 136 Å². The highest BCUT2D eigenvalue weighted by molar-refractivity contribution is 5.98. The number of likely N-dealkylation sites (tertiary alicyclic amines) is 1. The van der Waals surface area contributed by atoms with Gasteiger partial charge in [0.25, 0.3) is 0 Å². The predicted molar refractivity (Wildman–Crippen MR) is 90.9 cm³/mol. The molecule has 3 rings (SSSR count). The number of para-hydroxylation sites is 1. The summed E-state index contributed by atoms with van der Waals surface area (Å²) >= 11 is 0. The van der Waals surface area contributed by atoms with Crippen LogP contribution in [0.4, 0.5) is 0 Å². The van der Waals surface area contributed by atoms with E-state index in [0.717, 1.165) is 5.39 Å². The lowest BCUT2D eigenvalue weighted by Crippen LogP contribution is -2.44. The molecule has 23 heavy (non-hydrogen) atoms. The lowest BCUT2D eigenvalue weighted by Gasteiger charge is -2.38. The van der Waals surface area contributed by atoms with E-state index in [-0.39, 0.29) is 11.3 Å². The number of benzene rings is 1. The van der Waals surface area contributed by atoms with Crippen molar-refractivity contribution in [1.29, 1.82) is 0 Å². The maximum Gasteiger partial charge on any atom is 0.347 e. The number of hydrogen-bond acceptors (Lipinski definition) is 4. The molecule has 0 saturated carbocycles. The van der Waals surface area contributed by atoms with Crippen molar-refractivity contribution in [3.8, 4) is 0 Å². The van der Waals surface area contributed by atoms with Crippen LogP contribution in [-0.4, -0.2) is 29.3 Å². The van der Waals surface area contributed by atoms with Crippen LogP contribution in [0, 0.1) is 0 Å². The Morgan fingerprint density at radius 3 is 2.65 bits per heavy atom. The molecule has 0 N–H and O–H groups in total. The van der Waals surface area contributed by atoms with E-state index in [1.54, 1.807) is 12.1 Å². The van der Waals surface area contributed by atoms with Gasteiger partial charge in [0.05, 0.1) is 0 Å². The standard InChI is InChI=1S/C19H23NO3/c1-13-6-5-7-14(2)20(13)11-10-17(21)16-12-15-8-3-4-9-18(15)23-19(16)22/h3-4,8-9,12-14H,5-7,10-11H2,1-2H3. The topological polar surface area (TPSA) is 50.5 Å².